The fourth-order valence-corrected chi connectivity index (χ4v) is 4.94. The Bertz CT molecular complexity index is 973. The van der Waals surface area contributed by atoms with Crippen LogP contribution in [-0.4, -0.2) is 64.2 Å². The van der Waals surface area contributed by atoms with E-state index in [2.05, 4.69) is 4.98 Å². The Kier molecular flexibility index (Phi) is 6.19. The number of hydrogen-bond acceptors (Lipinski definition) is 7. The Morgan fingerprint density at radius 2 is 1.97 bits per heavy atom. The maximum Gasteiger partial charge on any atom is 0.416 e. The number of ether oxygens (including phenoxy) is 2. The third kappa shape index (κ3) is 4.77. The monoisotopic (exact) mass is 457 g/mol. The molecule has 0 aliphatic carbocycles. The number of thiazole rings is 1. The van der Waals surface area contributed by atoms with Gasteiger partial charge in [0.25, 0.3) is 0 Å². The number of nitrogens with zero attached hydrogens (tertiary/aromatic N) is 3. The molecular weight excluding hydrogens is 430 g/mol. The number of carbonyl (C=O) groups excluding carboxylic acids is 3. The van der Waals surface area contributed by atoms with E-state index < -0.39 is 23.7 Å². The minimum atomic E-state index is -0.643. The van der Waals surface area contributed by atoms with Gasteiger partial charge in [-0.25, -0.2) is 19.5 Å². The second kappa shape index (κ2) is 8.90. The number of amides is 3. The third-order valence-electron chi connectivity index (χ3n) is 5.57. The molecule has 0 saturated carbocycles. The summed E-state index contributed by atoms with van der Waals surface area (Å²) in [7, 11) is 0. The topological polar surface area (TPSA) is 89.0 Å². The zero-order valence-electron chi connectivity index (χ0n) is 18.4. The summed E-state index contributed by atoms with van der Waals surface area (Å²) in [6.07, 6.45) is 1.09. The van der Waals surface area contributed by atoms with E-state index in [1.165, 1.54) is 21.1 Å². The van der Waals surface area contributed by atoms with Crippen LogP contribution in [0.4, 0.5) is 9.59 Å². The highest BCUT2D eigenvalue weighted by Crippen LogP contribution is 2.37. The second-order valence-electron chi connectivity index (χ2n) is 9.10. The first-order valence-electron chi connectivity index (χ1n) is 10.6. The molecule has 9 heteroatoms. The lowest BCUT2D eigenvalue weighted by atomic mass is 9.94. The number of carbonyl (C=O) groups is 3. The zero-order valence-corrected chi connectivity index (χ0v) is 19.2. The van der Waals surface area contributed by atoms with Crippen LogP contribution >= 0.6 is 11.3 Å². The lowest BCUT2D eigenvalue weighted by molar-refractivity contribution is -0.133. The first-order chi connectivity index (χ1) is 15.2. The number of rotatable bonds is 4. The number of imide groups is 1. The standard InChI is InChI=1S/C23H27N3O5S/c1-23(2,3)31-21(28)25-12-17(19-24-9-10-32-19)18(13-25)20(27)26-16(14-30-22(26)29)11-15-7-5-4-6-8-15/h4-10,16-18H,11-14H2,1-3H3/t16-,17-,18-/m1/s1. The van der Waals surface area contributed by atoms with Gasteiger partial charge in [-0.1, -0.05) is 30.3 Å². The summed E-state index contributed by atoms with van der Waals surface area (Å²) in [4.78, 5) is 46.0. The quantitative estimate of drug-likeness (QED) is 0.696. The van der Waals surface area contributed by atoms with Gasteiger partial charge in [-0.2, -0.15) is 0 Å². The van der Waals surface area contributed by atoms with Crippen molar-refractivity contribution in [1.82, 2.24) is 14.8 Å². The normalized spacial score (nSPS) is 23.3. The van der Waals surface area contributed by atoms with E-state index in [1.54, 1.807) is 27.0 Å². The molecule has 2 fully saturated rings. The molecule has 2 aliphatic rings. The van der Waals surface area contributed by atoms with Crippen molar-refractivity contribution in [3.63, 3.8) is 0 Å². The molecule has 0 radical (unpaired) electrons. The number of likely N-dealkylation sites (tertiary alicyclic amines) is 1. The summed E-state index contributed by atoms with van der Waals surface area (Å²) < 4.78 is 10.8. The van der Waals surface area contributed by atoms with E-state index in [1.807, 2.05) is 35.7 Å². The molecule has 2 saturated heterocycles. The zero-order chi connectivity index (χ0) is 22.9. The van der Waals surface area contributed by atoms with Crippen molar-refractivity contribution >= 4 is 29.4 Å². The molecule has 170 valence electrons. The molecule has 0 unspecified atom stereocenters. The summed E-state index contributed by atoms with van der Waals surface area (Å²) in [6.45, 7) is 6.04. The van der Waals surface area contributed by atoms with Gasteiger partial charge in [-0.05, 0) is 32.8 Å². The SMILES string of the molecule is CC(C)(C)OC(=O)N1C[C@@H](C(=O)N2C(=O)OC[C@H]2Cc2ccccc2)[C@H](c2nccs2)C1. The van der Waals surface area contributed by atoms with Gasteiger partial charge >= 0.3 is 12.2 Å². The average molecular weight is 458 g/mol. The Morgan fingerprint density at radius 3 is 2.62 bits per heavy atom. The third-order valence-corrected chi connectivity index (χ3v) is 6.48. The Balaban J connectivity index is 1.56. The fourth-order valence-electron chi connectivity index (χ4n) is 4.14. The van der Waals surface area contributed by atoms with Crippen LogP contribution in [0.1, 0.15) is 37.3 Å². The van der Waals surface area contributed by atoms with Crippen molar-refractivity contribution in [3.8, 4) is 0 Å². The summed E-state index contributed by atoms with van der Waals surface area (Å²) in [5.41, 5.74) is 0.377. The number of cyclic esters (lactones) is 1. The minimum absolute atomic E-state index is 0.157. The van der Waals surface area contributed by atoms with Gasteiger partial charge in [0.15, 0.2) is 0 Å². The van der Waals surface area contributed by atoms with Crippen LogP contribution in [0.2, 0.25) is 0 Å². The van der Waals surface area contributed by atoms with Crippen molar-refractivity contribution in [2.24, 2.45) is 5.92 Å². The number of aromatic nitrogens is 1. The van der Waals surface area contributed by atoms with Gasteiger partial charge in [0.2, 0.25) is 5.91 Å². The summed E-state index contributed by atoms with van der Waals surface area (Å²) in [5, 5.41) is 2.61. The van der Waals surface area contributed by atoms with Crippen molar-refractivity contribution in [2.75, 3.05) is 19.7 Å². The van der Waals surface area contributed by atoms with Crippen molar-refractivity contribution in [2.45, 2.75) is 44.8 Å². The molecular formula is C23H27N3O5S. The first-order valence-corrected chi connectivity index (χ1v) is 11.5. The van der Waals surface area contributed by atoms with Crippen LogP contribution in [0, 0.1) is 5.92 Å². The second-order valence-corrected chi connectivity index (χ2v) is 10.0. The molecule has 8 nitrogen and oxygen atoms in total. The lowest BCUT2D eigenvalue weighted by Gasteiger charge is -2.25. The van der Waals surface area contributed by atoms with Gasteiger partial charge in [-0.3, -0.25) is 4.79 Å². The van der Waals surface area contributed by atoms with Gasteiger partial charge in [-0.15, -0.1) is 11.3 Å². The molecule has 2 aromatic rings. The van der Waals surface area contributed by atoms with Crippen molar-refractivity contribution < 1.29 is 23.9 Å². The molecule has 0 N–H and O–H groups in total. The smallest absolute Gasteiger partial charge is 0.416 e. The summed E-state index contributed by atoms with van der Waals surface area (Å²) in [5.74, 6) is -1.24. The van der Waals surface area contributed by atoms with E-state index in [0.717, 1.165) is 10.6 Å². The van der Waals surface area contributed by atoms with E-state index in [-0.39, 0.29) is 31.0 Å². The van der Waals surface area contributed by atoms with E-state index in [4.69, 9.17) is 9.47 Å². The molecule has 3 atom stereocenters. The van der Waals surface area contributed by atoms with Crippen molar-refractivity contribution in [3.05, 3.63) is 52.5 Å². The van der Waals surface area contributed by atoms with Gasteiger partial charge in [0, 0.05) is 30.6 Å². The lowest BCUT2D eigenvalue weighted by Crippen LogP contribution is -2.45. The summed E-state index contributed by atoms with van der Waals surface area (Å²) >= 11 is 1.44. The van der Waals surface area contributed by atoms with Crippen LogP contribution in [0.25, 0.3) is 0 Å². The Labute approximate surface area is 191 Å². The van der Waals surface area contributed by atoms with E-state index in [0.29, 0.717) is 13.0 Å². The molecule has 4 rings (SSSR count). The molecule has 3 heterocycles. The highest BCUT2D eigenvalue weighted by atomic mass is 32.1. The van der Waals surface area contributed by atoms with Crippen LogP contribution in [0.5, 0.6) is 0 Å². The number of hydrogen-bond donors (Lipinski definition) is 0. The molecule has 2 aliphatic heterocycles. The Hall–Kier alpha value is -2.94. The van der Waals surface area contributed by atoms with Crippen LogP contribution in [0.3, 0.4) is 0 Å². The minimum Gasteiger partial charge on any atom is -0.447 e. The molecule has 0 bridgehead atoms. The highest BCUT2D eigenvalue weighted by Gasteiger charge is 2.48. The maximum absolute atomic E-state index is 13.6. The van der Waals surface area contributed by atoms with Crippen LogP contribution < -0.4 is 0 Å². The maximum atomic E-state index is 13.6. The predicted molar refractivity (Wildman–Crippen MR) is 118 cm³/mol. The molecule has 0 spiro atoms. The van der Waals surface area contributed by atoms with Gasteiger partial charge < -0.3 is 14.4 Å². The average Bonchev–Trinajstić information content (AvgIpc) is 3.47. The van der Waals surface area contributed by atoms with E-state index in [9.17, 15) is 14.4 Å². The summed E-state index contributed by atoms with van der Waals surface area (Å²) in [6, 6.07) is 9.31. The van der Waals surface area contributed by atoms with Crippen LogP contribution in [-0.2, 0) is 20.7 Å². The van der Waals surface area contributed by atoms with Crippen molar-refractivity contribution in [1.29, 1.82) is 0 Å². The number of benzene rings is 1. The fraction of sp³-hybridized carbons (Fsp3) is 0.478. The molecule has 32 heavy (non-hydrogen) atoms. The van der Waals surface area contributed by atoms with Gasteiger partial charge in [0.1, 0.15) is 12.2 Å². The van der Waals surface area contributed by atoms with Crippen LogP contribution in [0.15, 0.2) is 41.9 Å². The largest absolute Gasteiger partial charge is 0.447 e. The molecule has 1 aromatic carbocycles. The Morgan fingerprint density at radius 1 is 1.22 bits per heavy atom. The molecule has 1 aromatic heterocycles. The highest BCUT2D eigenvalue weighted by molar-refractivity contribution is 7.09. The predicted octanol–water partition coefficient (Wildman–Crippen LogP) is 3.68. The van der Waals surface area contributed by atoms with E-state index >= 15 is 0 Å². The molecule has 3 amide bonds. The first kappa shape index (κ1) is 22.3. The van der Waals surface area contributed by atoms with Gasteiger partial charge in [0.05, 0.1) is 17.0 Å².